The Morgan fingerprint density at radius 1 is 1.29 bits per heavy atom. The first kappa shape index (κ1) is 11.5. The van der Waals surface area contributed by atoms with E-state index < -0.39 is 0 Å². The number of halogens is 1. The van der Waals surface area contributed by atoms with Gasteiger partial charge in [0.25, 0.3) is 0 Å². The summed E-state index contributed by atoms with van der Waals surface area (Å²) in [7, 11) is 0. The van der Waals surface area contributed by atoms with Crippen molar-refractivity contribution in [3.8, 4) is 0 Å². The van der Waals surface area contributed by atoms with Crippen LogP contribution < -0.4 is 0 Å². The van der Waals surface area contributed by atoms with E-state index in [4.69, 9.17) is 0 Å². The van der Waals surface area contributed by atoms with Crippen molar-refractivity contribution < 1.29 is 4.79 Å². The van der Waals surface area contributed by atoms with E-state index in [9.17, 15) is 4.79 Å². The maximum absolute atomic E-state index is 11.4. The molecule has 0 spiro atoms. The zero-order valence-corrected chi connectivity index (χ0v) is 10.5. The molecule has 0 aliphatic rings. The average Bonchev–Trinajstić information content (AvgIpc) is 2.07. The Hall–Kier alpha value is -0.540. The molecule has 74 valence electrons. The van der Waals surface area contributed by atoms with E-state index in [0.717, 1.165) is 14.9 Å². The number of rotatable bonds is 2. The van der Waals surface area contributed by atoms with Crippen LogP contribution in [0.1, 0.15) is 13.8 Å². The second kappa shape index (κ2) is 5.37. The van der Waals surface area contributed by atoms with Gasteiger partial charge in [0.15, 0.2) is 0 Å². The SMILES string of the molecule is CC(C)=CC(=O)Sc1ccc(Br)cc1. The first-order valence-electron chi connectivity index (χ1n) is 4.20. The molecule has 0 N–H and O–H groups in total. The topological polar surface area (TPSA) is 17.1 Å². The zero-order valence-electron chi connectivity index (χ0n) is 8.08. The molecular formula is C11H11BrOS. The van der Waals surface area contributed by atoms with Crippen LogP contribution in [0.5, 0.6) is 0 Å². The first-order chi connectivity index (χ1) is 6.58. The van der Waals surface area contributed by atoms with Crippen molar-refractivity contribution in [3.63, 3.8) is 0 Å². The number of carbonyl (C=O) groups is 1. The second-order valence-electron chi connectivity index (χ2n) is 3.10. The molecule has 0 unspecified atom stereocenters. The summed E-state index contributed by atoms with van der Waals surface area (Å²) in [5.41, 5.74) is 1.03. The van der Waals surface area contributed by atoms with E-state index in [0.29, 0.717) is 0 Å². The van der Waals surface area contributed by atoms with Crippen LogP contribution in [-0.2, 0) is 4.79 Å². The fourth-order valence-electron chi connectivity index (χ4n) is 0.884. The molecule has 0 atom stereocenters. The summed E-state index contributed by atoms with van der Waals surface area (Å²) < 4.78 is 1.02. The molecule has 0 radical (unpaired) electrons. The third-order valence-electron chi connectivity index (χ3n) is 1.44. The third-order valence-corrected chi connectivity index (χ3v) is 2.79. The van der Waals surface area contributed by atoms with Gasteiger partial charge in [0.2, 0.25) is 5.12 Å². The minimum Gasteiger partial charge on any atom is -0.282 e. The fraction of sp³-hybridized carbons (Fsp3) is 0.182. The molecule has 0 amide bonds. The van der Waals surface area contributed by atoms with Crippen LogP contribution in [0.15, 0.2) is 45.3 Å². The van der Waals surface area contributed by atoms with Crippen molar-refractivity contribution in [2.24, 2.45) is 0 Å². The van der Waals surface area contributed by atoms with Gasteiger partial charge in [0, 0.05) is 9.37 Å². The zero-order chi connectivity index (χ0) is 10.6. The molecule has 0 heterocycles. The van der Waals surface area contributed by atoms with Gasteiger partial charge in [-0.2, -0.15) is 0 Å². The lowest BCUT2D eigenvalue weighted by atomic mass is 10.3. The molecule has 1 aromatic rings. The Morgan fingerprint density at radius 3 is 2.36 bits per heavy atom. The smallest absolute Gasteiger partial charge is 0.216 e. The van der Waals surface area contributed by atoms with Gasteiger partial charge in [-0.3, -0.25) is 4.79 Å². The first-order valence-corrected chi connectivity index (χ1v) is 5.81. The van der Waals surface area contributed by atoms with Crippen LogP contribution >= 0.6 is 27.7 Å². The van der Waals surface area contributed by atoms with E-state index >= 15 is 0 Å². The van der Waals surface area contributed by atoms with Gasteiger partial charge in [-0.25, -0.2) is 0 Å². The standard InChI is InChI=1S/C11H11BrOS/c1-8(2)7-11(13)14-10-5-3-9(12)4-6-10/h3-7H,1-2H3. The van der Waals surface area contributed by atoms with Gasteiger partial charge in [-0.05, 0) is 56.0 Å². The highest BCUT2D eigenvalue weighted by Gasteiger charge is 2.00. The highest BCUT2D eigenvalue weighted by molar-refractivity contribution is 9.10. The average molecular weight is 271 g/mol. The molecule has 1 aromatic carbocycles. The number of carbonyl (C=O) groups excluding carboxylic acids is 1. The fourth-order valence-corrected chi connectivity index (χ4v) is 1.95. The predicted octanol–water partition coefficient (Wildman–Crippen LogP) is 4.03. The van der Waals surface area contributed by atoms with E-state index in [1.54, 1.807) is 6.08 Å². The monoisotopic (exact) mass is 270 g/mol. The number of thioether (sulfide) groups is 1. The van der Waals surface area contributed by atoms with Gasteiger partial charge in [-0.1, -0.05) is 21.5 Å². The van der Waals surface area contributed by atoms with Crippen molar-refractivity contribution >= 4 is 32.8 Å². The normalized spacial score (nSPS) is 9.64. The molecule has 0 saturated heterocycles. The number of allylic oxidation sites excluding steroid dienone is 1. The Kier molecular flexibility index (Phi) is 4.42. The quantitative estimate of drug-likeness (QED) is 0.596. The molecule has 1 rings (SSSR count). The Labute approximate surface area is 96.7 Å². The summed E-state index contributed by atoms with van der Waals surface area (Å²) in [4.78, 5) is 12.4. The maximum atomic E-state index is 11.4. The van der Waals surface area contributed by atoms with Gasteiger partial charge in [0.05, 0.1) is 0 Å². The molecule has 0 aromatic heterocycles. The molecular weight excluding hydrogens is 260 g/mol. The van der Waals surface area contributed by atoms with Gasteiger partial charge in [0.1, 0.15) is 0 Å². The van der Waals surface area contributed by atoms with Crippen molar-refractivity contribution in [1.29, 1.82) is 0 Å². The lowest BCUT2D eigenvalue weighted by Crippen LogP contribution is -1.85. The molecule has 14 heavy (non-hydrogen) atoms. The van der Waals surface area contributed by atoms with Crippen LogP contribution in [0.4, 0.5) is 0 Å². The Morgan fingerprint density at radius 2 is 1.86 bits per heavy atom. The molecule has 0 bridgehead atoms. The van der Waals surface area contributed by atoms with Crippen LogP contribution in [0.2, 0.25) is 0 Å². The van der Waals surface area contributed by atoms with Gasteiger partial charge < -0.3 is 0 Å². The van der Waals surface area contributed by atoms with Crippen molar-refractivity contribution in [3.05, 3.63) is 40.4 Å². The highest BCUT2D eigenvalue weighted by atomic mass is 79.9. The van der Waals surface area contributed by atoms with Crippen molar-refractivity contribution in [2.45, 2.75) is 18.7 Å². The van der Waals surface area contributed by atoms with Crippen LogP contribution in [0.25, 0.3) is 0 Å². The minimum absolute atomic E-state index is 0.0762. The molecule has 0 fully saturated rings. The summed E-state index contributed by atoms with van der Waals surface area (Å²) in [6.45, 7) is 3.83. The van der Waals surface area contributed by atoms with E-state index in [1.807, 2.05) is 38.1 Å². The third kappa shape index (κ3) is 4.11. The van der Waals surface area contributed by atoms with Crippen molar-refractivity contribution in [1.82, 2.24) is 0 Å². The molecule has 0 aliphatic carbocycles. The molecule has 3 heteroatoms. The van der Waals surface area contributed by atoms with E-state index in [-0.39, 0.29) is 5.12 Å². The summed E-state index contributed by atoms with van der Waals surface area (Å²) in [5, 5.41) is 0.0762. The summed E-state index contributed by atoms with van der Waals surface area (Å²) in [6, 6.07) is 7.70. The number of benzene rings is 1. The van der Waals surface area contributed by atoms with Gasteiger partial charge in [-0.15, -0.1) is 0 Å². The van der Waals surface area contributed by atoms with Gasteiger partial charge >= 0.3 is 0 Å². The molecule has 0 aliphatic heterocycles. The second-order valence-corrected chi connectivity index (χ2v) is 5.09. The van der Waals surface area contributed by atoms with E-state index in [1.165, 1.54) is 11.8 Å². The molecule has 1 nitrogen and oxygen atoms in total. The summed E-state index contributed by atoms with van der Waals surface area (Å²) in [6.07, 6.45) is 1.65. The maximum Gasteiger partial charge on any atom is 0.216 e. The Bertz CT molecular complexity index is 350. The van der Waals surface area contributed by atoms with Crippen molar-refractivity contribution in [2.75, 3.05) is 0 Å². The highest BCUT2D eigenvalue weighted by Crippen LogP contribution is 2.21. The number of hydrogen-bond acceptors (Lipinski definition) is 2. The summed E-state index contributed by atoms with van der Waals surface area (Å²) in [5.74, 6) is 0. The largest absolute Gasteiger partial charge is 0.282 e. The lowest BCUT2D eigenvalue weighted by molar-refractivity contribution is -0.107. The molecule has 0 saturated carbocycles. The van der Waals surface area contributed by atoms with Crippen LogP contribution in [-0.4, -0.2) is 5.12 Å². The van der Waals surface area contributed by atoms with Crippen LogP contribution in [0, 0.1) is 0 Å². The summed E-state index contributed by atoms with van der Waals surface area (Å²) >= 11 is 4.59. The predicted molar refractivity (Wildman–Crippen MR) is 64.4 cm³/mol. The number of hydrogen-bond donors (Lipinski definition) is 0. The Balaban J connectivity index is 2.66. The van der Waals surface area contributed by atoms with Crippen LogP contribution in [0.3, 0.4) is 0 Å². The lowest BCUT2D eigenvalue weighted by Gasteiger charge is -1.97. The van der Waals surface area contributed by atoms with E-state index in [2.05, 4.69) is 15.9 Å². The minimum atomic E-state index is 0.0762.